The molecule has 2 N–H and O–H groups in total. The smallest absolute Gasteiger partial charge is 0.0110 e. The summed E-state index contributed by atoms with van der Waals surface area (Å²) in [5.74, 6) is 1.83. The molecule has 0 bridgehead atoms. The Kier molecular flexibility index (Phi) is 4.52. The Balaban J connectivity index is 1.24. The van der Waals surface area contributed by atoms with Crippen LogP contribution >= 0.6 is 0 Å². The summed E-state index contributed by atoms with van der Waals surface area (Å²) < 4.78 is 0. The number of likely N-dealkylation sites (tertiary alicyclic amines) is 1. The molecule has 0 aromatic rings. The Bertz CT molecular complexity index is 335. The molecule has 2 saturated heterocycles. The van der Waals surface area contributed by atoms with Crippen LogP contribution in [0.1, 0.15) is 57.8 Å². The second kappa shape index (κ2) is 6.55. The zero-order valence-corrected chi connectivity index (χ0v) is 13.5. The van der Waals surface area contributed by atoms with Gasteiger partial charge in [0.25, 0.3) is 0 Å². The summed E-state index contributed by atoms with van der Waals surface area (Å²) in [5, 5.41) is 7.79. The number of hydrogen-bond donors (Lipinski definition) is 2. The molecule has 0 aromatic carbocycles. The summed E-state index contributed by atoms with van der Waals surface area (Å²) >= 11 is 0. The maximum absolute atomic E-state index is 3.98. The van der Waals surface area contributed by atoms with Gasteiger partial charge in [0.05, 0.1) is 0 Å². The molecule has 2 saturated carbocycles. The maximum Gasteiger partial charge on any atom is 0.0110 e. The first-order valence-electron chi connectivity index (χ1n) is 9.61. The van der Waals surface area contributed by atoms with Crippen LogP contribution in [-0.4, -0.2) is 49.2 Å². The average Bonchev–Trinajstić information content (AvgIpc) is 3.10. The monoisotopic (exact) mass is 291 g/mol. The molecule has 2 heterocycles. The fraction of sp³-hybridized carbons (Fsp3) is 1.00. The summed E-state index contributed by atoms with van der Waals surface area (Å²) in [5.41, 5.74) is 0. The van der Waals surface area contributed by atoms with Crippen molar-refractivity contribution in [2.24, 2.45) is 11.8 Å². The van der Waals surface area contributed by atoms with Crippen LogP contribution < -0.4 is 10.6 Å². The van der Waals surface area contributed by atoms with Crippen molar-refractivity contribution in [2.75, 3.05) is 26.2 Å². The molecule has 4 fully saturated rings. The zero-order valence-electron chi connectivity index (χ0n) is 13.5. The molecule has 0 spiro atoms. The van der Waals surface area contributed by atoms with Crippen molar-refractivity contribution in [1.82, 2.24) is 15.5 Å². The molecule has 2 aliphatic heterocycles. The number of nitrogens with one attached hydrogen (secondary N) is 2. The molecule has 4 aliphatic rings. The third-order valence-corrected chi connectivity index (χ3v) is 6.48. The minimum Gasteiger partial charge on any atom is -0.314 e. The van der Waals surface area contributed by atoms with Gasteiger partial charge in [0.15, 0.2) is 0 Å². The van der Waals surface area contributed by atoms with Gasteiger partial charge in [-0.1, -0.05) is 12.8 Å². The number of piperidine rings is 1. The van der Waals surface area contributed by atoms with Gasteiger partial charge in [0, 0.05) is 24.7 Å². The van der Waals surface area contributed by atoms with Crippen molar-refractivity contribution in [3.63, 3.8) is 0 Å². The molecular formula is C18H33N3. The molecule has 3 heteroatoms. The predicted octanol–water partition coefficient (Wildman–Crippen LogP) is 2.37. The lowest BCUT2D eigenvalue weighted by atomic mass is 9.88. The molecule has 0 radical (unpaired) electrons. The summed E-state index contributed by atoms with van der Waals surface area (Å²) in [6.45, 7) is 5.27. The van der Waals surface area contributed by atoms with E-state index in [1.165, 1.54) is 84.0 Å². The first-order chi connectivity index (χ1) is 10.4. The van der Waals surface area contributed by atoms with E-state index in [2.05, 4.69) is 15.5 Å². The molecule has 3 nitrogen and oxygen atoms in total. The van der Waals surface area contributed by atoms with Crippen LogP contribution in [0.3, 0.4) is 0 Å². The van der Waals surface area contributed by atoms with Crippen molar-refractivity contribution in [3.05, 3.63) is 0 Å². The van der Waals surface area contributed by atoms with Crippen LogP contribution in [0.5, 0.6) is 0 Å². The van der Waals surface area contributed by atoms with E-state index in [1.54, 1.807) is 0 Å². The van der Waals surface area contributed by atoms with Crippen molar-refractivity contribution < 1.29 is 0 Å². The Morgan fingerprint density at radius 1 is 0.952 bits per heavy atom. The van der Waals surface area contributed by atoms with Gasteiger partial charge in [-0.25, -0.2) is 0 Å². The van der Waals surface area contributed by atoms with Crippen LogP contribution in [0.15, 0.2) is 0 Å². The topological polar surface area (TPSA) is 27.3 Å². The van der Waals surface area contributed by atoms with Gasteiger partial charge in [-0.3, -0.25) is 0 Å². The average molecular weight is 291 g/mol. The lowest BCUT2D eigenvalue weighted by Crippen LogP contribution is -2.47. The van der Waals surface area contributed by atoms with Gasteiger partial charge < -0.3 is 15.5 Å². The second-order valence-electron chi connectivity index (χ2n) is 8.05. The zero-order chi connectivity index (χ0) is 14.1. The van der Waals surface area contributed by atoms with Gasteiger partial charge in [0.2, 0.25) is 0 Å². The normalized spacial score (nSPS) is 41.7. The van der Waals surface area contributed by atoms with E-state index >= 15 is 0 Å². The van der Waals surface area contributed by atoms with E-state index in [0.29, 0.717) is 0 Å². The van der Waals surface area contributed by atoms with Crippen LogP contribution in [0.4, 0.5) is 0 Å². The van der Waals surface area contributed by atoms with Crippen molar-refractivity contribution in [3.8, 4) is 0 Å². The number of nitrogens with zero attached hydrogens (tertiary/aromatic N) is 1. The molecule has 4 rings (SSSR count). The summed E-state index contributed by atoms with van der Waals surface area (Å²) in [6.07, 6.45) is 12.9. The van der Waals surface area contributed by atoms with E-state index < -0.39 is 0 Å². The Labute approximate surface area is 130 Å². The van der Waals surface area contributed by atoms with Gasteiger partial charge in [0.1, 0.15) is 0 Å². The lowest BCUT2D eigenvalue weighted by molar-refractivity contribution is 0.249. The Hall–Kier alpha value is -0.120. The first-order valence-corrected chi connectivity index (χ1v) is 9.61. The van der Waals surface area contributed by atoms with Crippen molar-refractivity contribution in [2.45, 2.75) is 75.9 Å². The Morgan fingerprint density at radius 2 is 1.90 bits per heavy atom. The highest BCUT2D eigenvalue weighted by atomic mass is 15.2. The minimum absolute atomic E-state index is 0.801. The van der Waals surface area contributed by atoms with Gasteiger partial charge in [-0.05, 0) is 76.4 Å². The minimum atomic E-state index is 0.801. The van der Waals surface area contributed by atoms with E-state index in [1.807, 2.05) is 0 Å². The SMILES string of the molecule is C1CCC(C2CCCC2NCC2CCN(C3CC3)C2)NC1. The quantitative estimate of drug-likeness (QED) is 0.814. The first kappa shape index (κ1) is 14.5. The fourth-order valence-corrected chi connectivity index (χ4v) is 5.09. The molecule has 0 amide bonds. The highest BCUT2D eigenvalue weighted by Gasteiger charge is 2.36. The van der Waals surface area contributed by atoms with E-state index in [4.69, 9.17) is 0 Å². The van der Waals surface area contributed by atoms with Crippen LogP contribution in [0.25, 0.3) is 0 Å². The van der Waals surface area contributed by atoms with Crippen molar-refractivity contribution >= 4 is 0 Å². The van der Waals surface area contributed by atoms with Crippen molar-refractivity contribution in [1.29, 1.82) is 0 Å². The molecule has 0 aromatic heterocycles. The molecule has 21 heavy (non-hydrogen) atoms. The summed E-state index contributed by atoms with van der Waals surface area (Å²) in [6, 6.07) is 2.58. The number of hydrogen-bond acceptors (Lipinski definition) is 3. The highest BCUT2D eigenvalue weighted by molar-refractivity contribution is 4.94. The molecule has 4 unspecified atom stereocenters. The van der Waals surface area contributed by atoms with E-state index in [9.17, 15) is 0 Å². The third kappa shape index (κ3) is 3.46. The molecular weight excluding hydrogens is 258 g/mol. The molecule has 4 atom stereocenters. The number of rotatable bonds is 5. The van der Waals surface area contributed by atoms with Gasteiger partial charge in [-0.15, -0.1) is 0 Å². The van der Waals surface area contributed by atoms with E-state index in [-0.39, 0.29) is 0 Å². The fourth-order valence-electron chi connectivity index (χ4n) is 5.09. The van der Waals surface area contributed by atoms with E-state index in [0.717, 1.165) is 30.0 Å². The van der Waals surface area contributed by atoms with Gasteiger partial charge in [-0.2, -0.15) is 0 Å². The molecule has 2 aliphatic carbocycles. The standard InChI is InChI=1S/C18H33N3/c1-2-10-19-17(5-1)16-4-3-6-18(16)20-12-14-9-11-21(13-14)15-7-8-15/h14-20H,1-13H2. The second-order valence-corrected chi connectivity index (χ2v) is 8.05. The Morgan fingerprint density at radius 3 is 2.71 bits per heavy atom. The van der Waals surface area contributed by atoms with Crippen LogP contribution in [0, 0.1) is 11.8 Å². The molecule has 120 valence electrons. The van der Waals surface area contributed by atoms with Crippen LogP contribution in [0.2, 0.25) is 0 Å². The van der Waals surface area contributed by atoms with Gasteiger partial charge >= 0.3 is 0 Å². The summed E-state index contributed by atoms with van der Waals surface area (Å²) in [4.78, 5) is 2.75. The summed E-state index contributed by atoms with van der Waals surface area (Å²) in [7, 11) is 0. The third-order valence-electron chi connectivity index (χ3n) is 6.48. The maximum atomic E-state index is 3.98. The van der Waals surface area contributed by atoms with Crippen LogP contribution in [-0.2, 0) is 0 Å². The predicted molar refractivity (Wildman–Crippen MR) is 87.5 cm³/mol. The largest absolute Gasteiger partial charge is 0.314 e. The highest BCUT2D eigenvalue weighted by Crippen LogP contribution is 2.33. The lowest BCUT2D eigenvalue weighted by Gasteiger charge is -2.33.